The van der Waals surface area contributed by atoms with Crippen molar-refractivity contribution in [2.45, 2.75) is 44.6 Å². The molecule has 21 heavy (non-hydrogen) atoms. The molecule has 6 heteroatoms. The number of phenolic OH excluding ortho intramolecular Hbond substituents is 1. The Morgan fingerprint density at radius 3 is 2.57 bits per heavy atom. The van der Waals surface area contributed by atoms with Gasteiger partial charge in [-0.1, -0.05) is 30.5 Å². The normalized spacial score (nSPS) is 18.2. The number of hydrogen-bond acceptors (Lipinski definition) is 4. The maximum atomic E-state index is 12.4. The highest BCUT2D eigenvalue weighted by Gasteiger charge is 2.38. The molecule has 2 rings (SSSR count). The summed E-state index contributed by atoms with van der Waals surface area (Å²) in [6, 6.07) is 4.86. The molecule has 0 radical (unpaired) electrons. The molecule has 1 amide bonds. The van der Waals surface area contributed by atoms with Crippen LogP contribution in [0.25, 0.3) is 0 Å². The van der Waals surface area contributed by atoms with Crippen LogP contribution in [0.2, 0.25) is 0 Å². The van der Waals surface area contributed by atoms with E-state index in [9.17, 15) is 9.90 Å². The molecule has 0 aromatic heterocycles. The van der Waals surface area contributed by atoms with Crippen LogP contribution in [0.4, 0.5) is 0 Å². The number of carbonyl (C=O) groups excluding carboxylic acids is 1. The van der Waals surface area contributed by atoms with Gasteiger partial charge in [0.2, 0.25) is 0 Å². The predicted octanol–water partition coefficient (Wildman–Crippen LogP) is 1.88. The fourth-order valence-electron chi connectivity index (χ4n) is 2.81. The van der Waals surface area contributed by atoms with E-state index in [0.717, 1.165) is 24.8 Å². The van der Waals surface area contributed by atoms with Gasteiger partial charge < -0.3 is 21.4 Å². The van der Waals surface area contributed by atoms with Gasteiger partial charge in [-0.25, -0.2) is 0 Å². The second-order valence-corrected chi connectivity index (χ2v) is 5.60. The monoisotopic (exact) mass is 291 g/mol. The lowest BCUT2D eigenvalue weighted by Crippen LogP contribution is -2.58. The quantitative estimate of drug-likeness (QED) is 0.295. The molecule has 1 saturated carbocycles. The van der Waals surface area contributed by atoms with Gasteiger partial charge in [0.05, 0.1) is 5.56 Å². The molecule has 6 nitrogen and oxygen atoms in total. The Kier molecular flexibility index (Phi) is 4.35. The highest BCUT2D eigenvalue weighted by atomic mass is 16.4. The number of rotatable bonds is 3. The molecule has 114 valence electrons. The predicted molar refractivity (Wildman–Crippen MR) is 79.5 cm³/mol. The number of carbonyl (C=O) groups is 1. The van der Waals surface area contributed by atoms with E-state index in [1.807, 2.05) is 6.92 Å². The molecule has 0 heterocycles. The molecular weight excluding hydrogens is 270 g/mol. The summed E-state index contributed by atoms with van der Waals surface area (Å²) < 4.78 is 0. The topological polar surface area (TPSA) is 108 Å². The Hall–Kier alpha value is -2.24. The zero-order chi connectivity index (χ0) is 15.5. The molecular formula is C15H21N3O3. The SMILES string of the molecule is Cc1ccc(C(=O)NC2(/C(N)=N/O)CCCCC2)c(O)c1. The van der Waals surface area contributed by atoms with Crippen LogP contribution in [0.3, 0.4) is 0 Å². The Labute approximate surface area is 123 Å². The first-order valence-corrected chi connectivity index (χ1v) is 7.09. The second kappa shape index (κ2) is 6.03. The van der Waals surface area contributed by atoms with E-state index in [1.165, 1.54) is 6.07 Å². The van der Waals surface area contributed by atoms with Crippen molar-refractivity contribution >= 4 is 11.7 Å². The van der Waals surface area contributed by atoms with Crippen molar-refractivity contribution in [2.24, 2.45) is 10.9 Å². The van der Waals surface area contributed by atoms with Crippen molar-refractivity contribution in [1.29, 1.82) is 0 Å². The largest absolute Gasteiger partial charge is 0.507 e. The van der Waals surface area contributed by atoms with Crippen LogP contribution in [0.5, 0.6) is 5.75 Å². The van der Waals surface area contributed by atoms with Gasteiger partial charge in [0.15, 0.2) is 5.84 Å². The van der Waals surface area contributed by atoms with Crippen LogP contribution in [-0.4, -0.2) is 27.6 Å². The maximum absolute atomic E-state index is 12.4. The second-order valence-electron chi connectivity index (χ2n) is 5.60. The van der Waals surface area contributed by atoms with Gasteiger partial charge >= 0.3 is 0 Å². The summed E-state index contributed by atoms with van der Waals surface area (Å²) in [7, 11) is 0. The number of nitrogens with zero attached hydrogens (tertiary/aromatic N) is 1. The van der Waals surface area contributed by atoms with Crippen molar-refractivity contribution in [3.05, 3.63) is 29.3 Å². The number of phenols is 1. The number of aromatic hydroxyl groups is 1. The van der Waals surface area contributed by atoms with Crippen molar-refractivity contribution < 1.29 is 15.1 Å². The van der Waals surface area contributed by atoms with E-state index in [2.05, 4.69) is 10.5 Å². The molecule has 1 aromatic rings. The first-order chi connectivity index (χ1) is 9.98. The van der Waals surface area contributed by atoms with Crippen LogP contribution < -0.4 is 11.1 Å². The number of benzene rings is 1. The summed E-state index contributed by atoms with van der Waals surface area (Å²) in [6.07, 6.45) is 4.11. The summed E-state index contributed by atoms with van der Waals surface area (Å²) in [5.74, 6) is -0.471. The summed E-state index contributed by atoms with van der Waals surface area (Å²) in [5, 5.41) is 24.8. The van der Waals surface area contributed by atoms with E-state index in [-0.39, 0.29) is 17.1 Å². The van der Waals surface area contributed by atoms with Crippen LogP contribution in [0.15, 0.2) is 23.4 Å². The third-order valence-electron chi connectivity index (χ3n) is 4.06. The molecule has 1 aliphatic carbocycles. The Bertz CT molecular complexity index is 563. The molecule has 0 aliphatic heterocycles. The lowest BCUT2D eigenvalue weighted by atomic mass is 9.80. The van der Waals surface area contributed by atoms with Crippen molar-refractivity contribution in [2.75, 3.05) is 0 Å². The standard InChI is InChI=1S/C15H21N3O3/c1-10-5-6-11(12(19)9-10)13(20)17-15(14(16)18-21)7-3-2-4-8-15/h5-6,9,19,21H,2-4,7-8H2,1H3,(H2,16,18)(H,17,20). The van der Waals surface area contributed by atoms with Crippen LogP contribution in [0, 0.1) is 6.92 Å². The zero-order valence-electron chi connectivity index (χ0n) is 12.1. The number of amides is 1. The highest BCUT2D eigenvalue weighted by molar-refractivity contribution is 6.01. The molecule has 0 unspecified atom stereocenters. The molecule has 1 fully saturated rings. The summed E-state index contributed by atoms with van der Waals surface area (Å²) in [4.78, 5) is 12.4. The number of nitrogens with two attached hydrogens (primary N) is 1. The lowest BCUT2D eigenvalue weighted by molar-refractivity contribution is 0.0903. The third kappa shape index (κ3) is 3.09. The van der Waals surface area contributed by atoms with Crippen molar-refractivity contribution in [3.8, 4) is 5.75 Å². The average Bonchev–Trinajstić information content (AvgIpc) is 2.47. The minimum atomic E-state index is -0.832. The first-order valence-electron chi connectivity index (χ1n) is 7.09. The van der Waals surface area contributed by atoms with Crippen LogP contribution >= 0.6 is 0 Å². The van der Waals surface area contributed by atoms with E-state index in [1.54, 1.807) is 12.1 Å². The van der Waals surface area contributed by atoms with Gasteiger partial charge in [0, 0.05) is 0 Å². The fraction of sp³-hybridized carbons (Fsp3) is 0.467. The third-order valence-corrected chi connectivity index (χ3v) is 4.06. The maximum Gasteiger partial charge on any atom is 0.255 e. The number of oxime groups is 1. The molecule has 5 N–H and O–H groups in total. The molecule has 0 atom stereocenters. The Balaban J connectivity index is 2.26. The van der Waals surface area contributed by atoms with Crippen molar-refractivity contribution in [1.82, 2.24) is 5.32 Å². The molecule has 0 bridgehead atoms. The van der Waals surface area contributed by atoms with Crippen molar-refractivity contribution in [3.63, 3.8) is 0 Å². The van der Waals surface area contributed by atoms with E-state index in [4.69, 9.17) is 10.9 Å². The number of amidine groups is 1. The Morgan fingerprint density at radius 1 is 1.33 bits per heavy atom. The van der Waals surface area contributed by atoms with Gasteiger partial charge in [-0.05, 0) is 37.5 Å². The summed E-state index contributed by atoms with van der Waals surface area (Å²) >= 11 is 0. The zero-order valence-corrected chi connectivity index (χ0v) is 12.1. The average molecular weight is 291 g/mol. The van der Waals surface area contributed by atoms with Gasteiger partial charge in [0.1, 0.15) is 11.3 Å². The lowest BCUT2D eigenvalue weighted by Gasteiger charge is -2.36. The smallest absolute Gasteiger partial charge is 0.255 e. The minimum absolute atomic E-state index is 0.0159. The van der Waals surface area contributed by atoms with Gasteiger partial charge in [-0.2, -0.15) is 0 Å². The van der Waals surface area contributed by atoms with Gasteiger partial charge in [-0.3, -0.25) is 4.79 Å². The molecule has 0 saturated heterocycles. The first kappa shape index (κ1) is 15.2. The summed E-state index contributed by atoms with van der Waals surface area (Å²) in [6.45, 7) is 1.83. The molecule has 1 aromatic carbocycles. The van der Waals surface area contributed by atoms with Crippen LogP contribution in [0.1, 0.15) is 48.0 Å². The number of hydrogen-bond donors (Lipinski definition) is 4. The highest BCUT2D eigenvalue weighted by Crippen LogP contribution is 2.29. The number of aryl methyl sites for hydroxylation is 1. The molecule has 1 aliphatic rings. The minimum Gasteiger partial charge on any atom is -0.507 e. The van der Waals surface area contributed by atoms with Gasteiger partial charge in [0.25, 0.3) is 5.91 Å². The molecule has 0 spiro atoms. The van der Waals surface area contributed by atoms with E-state index < -0.39 is 11.4 Å². The number of nitrogens with one attached hydrogen (secondary N) is 1. The Morgan fingerprint density at radius 2 is 2.00 bits per heavy atom. The van der Waals surface area contributed by atoms with Crippen LogP contribution in [-0.2, 0) is 0 Å². The summed E-state index contributed by atoms with van der Waals surface area (Å²) in [5.41, 5.74) is 6.02. The fourth-order valence-corrected chi connectivity index (χ4v) is 2.81. The van der Waals surface area contributed by atoms with E-state index >= 15 is 0 Å². The van der Waals surface area contributed by atoms with E-state index in [0.29, 0.717) is 12.8 Å². The van der Waals surface area contributed by atoms with Gasteiger partial charge in [-0.15, -0.1) is 0 Å².